The minimum Gasteiger partial charge on any atom is -0.490 e. The van der Waals surface area contributed by atoms with E-state index in [1.807, 2.05) is 0 Å². The molecule has 0 fully saturated rings. The van der Waals surface area contributed by atoms with Crippen molar-refractivity contribution in [3.63, 3.8) is 0 Å². The molecule has 0 atom stereocenters. The van der Waals surface area contributed by atoms with Gasteiger partial charge in [0.1, 0.15) is 24.7 Å². The van der Waals surface area contributed by atoms with Gasteiger partial charge in [-0.05, 0) is 64.8 Å². The van der Waals surface area contributed by atoms with Gasteiger partial charge in [-0.15, -0.1) is 0 Å². The molecule has 0 heterocycles. The molecule has 0 bridgehead atoms. The molecule has 0 aromatic heterocycles. The molecule has 6 aromatic carbocycles. The molecule has 0 saturated heterocycles. The summed E-state index contributed by atoms with van der Waals surface area (Å²) in [5.74, 6) is 1.87. The van der Waals surface area contributed by atoms with Crippen molar-refractivity contribution in [2.45, 2.75) is 5.92 Å². The van der Waals surface area contributed by atoms with E-state index in [2.05, 4.69) is 170 Å². The summed E-state index contributed by atoms with van der Waals surface area (Å²) < 4.78 is 12.1. The third-order valence-electron chi connectivity index (χ3n) is 7.22. The lowest BCUT2D eigenvalue weighted by Crippen LogP contribution is -2.20. The lowest BCUT2D eigenvalue weighted by atomic mass is 9.85. The van der Waals surface area contributed by atoms with E-state index < -0.39 is 7.92 Å². The molecule has 0 aliphatic heterocycles. The van der Waals surface area contributed by atoms with Crippen LogP contribution in [0.2, 0.25) is 0 Å². The van der Waals surface area contributed by atoms with Crippen LogP contribution in [0, 0.1) is 0 Å². The Morgan fingerprint density at radius 2 is 0.690 bits per heavy atom. The largest absolute Gasteiger partial charge is 0.490 e. The molecule has 3 heteroatoms. The number of hydrogen-bond donors (Lipinski definition) is 0. The lowest BCUT2D eigenvalue weighted by molar-refractivity contribution is 0.217. The second-order valence-corrected chi connectivity index (χ2v) is 12.2. The number of ether oxygens (including phenoxy) is 2. The number of rotatable bonds is 11. The smallest absolute Gasteiger partial charge is 0.122 e. The van der Waals surface area contributed by atoms with Gasteiger partial charge in [0.05, 0.1) is 0 Å². The lowest BCUT2D eigenvalue weighted by Gasteiger charge is -2.20. The molecule has 6 aromatic rings. The molecule has 0 radical (unpaired) electrons. The molecule has 6 rings (SSSR count). The SMILES string of the molecule is c1ccc(C(c2ccccc2)c2ccc(OCCOc3ccc(P(c4ccccc4)c4ccccc4)cc3)cc2)cc1. The van der Waals surface area contributed by atoms with Crippen LogP contribution in [0.4, 0.5) is 0 Å². The zero-order valence-electron chi connectivity index (χ0n) is 23.4. The van der Waals surface area contributed by atoms with E-state index >= 15 is 0 Å². The van der Waals surface area contributed by atoms with Crippen LogP contribution in [0.1, 0.15) is 22.6 Å². The molecule has 0 N–H and O–H groups in total. The summed E-state index contributed by atoms with van der Waals surface area (Å²) in [5.41, 5.74) is 3.79. The normalized spacial score (nSPS) is 11.0. The maximum absolute atomic E-state index is 6.03. The van der Waals surface area contributed by atoms with Gasteiger partial charge in [0.25, 0.3) is 0 Å². The second-order valence-electron chi connectivity index (χ2n) is 10.0. The van der Waals surface area contributed by atoms with E-state index in [0.29, 0.717) is 13.2 Å². The monoisotopic (exact) mass is 564 g/mol. The number of benzene rings is 6. The van der Waals surface area contributed by atoms with Gasteiger partial charge in [-0.3, -0.25) is 0 Å². The van der Waals surface area contributed by atoms with Crippen LogP contribution in [0.15, 0.2) is 170 Å². The first-order valence-electron chi connectivity index (χ1n) is 14.3. The highest BCUT2D eigenvalue weighted by Gasteiger charge is 2.17. The Balaban J connectivity index is 1.07. The van der Waals surface area contributed by atoms with Crippen molar-refractivity contribution < 1.29 is 9.47 Å². The van der Waals surface area contributed by atoms with Crippen molar-refractivity contribution in [3.8, 4) is 11.5 Å². The summed E-state index contributed by atoms with van der Waals surface area (Å²) in [7, 11) is -0.623. The summed E-state index contributed by atoms with van der Waals surface area (Å²) in [6.07, 6.45) is 0. The Morgan fingerprint density at radius 1 is 0.357 bits per heavy atom. The highest BCUT2D eigenvalue weighted by atomic mass is 31.1. The van der Waals surface area contributed by atoms with Crippen molar-refractivity contribution in [3.05, 3.63) is 187 Å². The average Bonchev–Trinajstić information content (AvgIpc) is 3.07. The number of hydrogen-bond acceptors (Lipinski definition) is 2. The summed E-state index contributed by atoms with van der Waals surface area (Å²) in [5, 5.41) is 3.98. The van der Waals surface area contributed by atoms with Crippen molar-refractivity contribution in [2.75, 3.05) is 13.2 Å². The predicted octanol–water partition coefficient (Wildman–Crippen LogP) is 8.08. The second kappa shape index (κ2) is 13.8. The Bertz CT molecular complexity index is 1430. The molecule has 42 heavy (non-hydrogen) atoms. The molecular formula is C39H33O2P. The minimum atomic E-state index is -0.623. The van der Waals surface area contributed by atoms with Crippen LogP contribution >= 0.6 is 7.92 Å². The molecule has 0 saturated carbocycles. The third-order valence-corrected chi connectivity index (χ3v) is 9.67. The highest BCUT2D eigenvalue weighted by molar-refractivity contribution is 7.79. The molecule has 0 amide bonds. The first-order chi connectivity index (χ1) is 20.8. The van der Waals surface area contributed by atoms with Crippen molar-refractivity contribution in [1.29, 1.82) is 0 Å². The standard InChI is InChI=1S/C39H33O2P/c1-5-13-31(14-6-1)39(32-15-7-2-8-16-32)33-21-23-34(24-22-33)40-29-30-41-35-25-27-38(28-26-35)42(36-17-9-3-10-18-36)37-19-11-4-12-20-37/h1-28,39H,29-30H2. The van der Waals surface area contributed by atoms with Gasteiger partial charge in [0, 0.05) is 5.92 Å². The van der Waals surface area contributed by atoms with Crippen LogP contribution in [-0.2, 0) is 0 Å². The van der Waals surface area contributed by atoms with Crippen LogP contribution in [0.5, 0.6) is 11.5 Å². The molecular weight excluding hydrogens is 531 g/mol. The average molecular weight is 565 g/mol. The van der Waals surface area contributed by atoms with Crippen LogP contribution in [-0.4, -0.2) is 13.2 Å². The summed E-state index contributed by atoms with van der Waals surface area (Å²) in [6, 6.07) is 59.7. The Morgan fingerprint density at radius 3 is 1.12 bits per heavy atom. The van der Waals surface area contributed by atoms with Crippen LogP contribution in [0.3, 0.4) is 0 Å². The maximum Gasteiger partial charge on any atom is 0.122 e. The minimum absolute atomic E-state index is 0.178. The van der Waals surface area contributed by atoms with E-state index in [1.54, 1.807) is 0 Å². The van der Waals surface area contributed by atoms with Gasteiger partial charge in [-0.25, -0.2) is 0 Å². The van der Waals surface area contributed by atoms with Gasteiger partial charge >= 0.3 is 0 Å². The molecule has 2 nitrogen and oxygen atoms in total. The quantitative estimate of drug-likeness (QED) is 0.0900. The third kappa shape index (κ3) is 6.79. The van der Waals surface area contributed by atoms with E-state index in [4.69, 9.17) is 9.47 Å². The fourth-order valence-electron chi connectivity index (χ4n) is 5.24. The molecule has 206 valence electrons. The zero-order chi connectivity index (χ0) is 28.4. The van der Waals surface area contributed by atoms with Gasteiger partial charge < -0.3 is 9.47 Å². The topological polar surface area (TPSA) is 18.5 Å². The summed E-state index contributed by atoms with van der Waals surface area (Å²) in [4.78, 5) is 0. The highest BCUT2D eigenvalue weighted by Crippen LogP contribution is 2.34. The summed E-state index contributed by atoms with van der Waals surface area (Å²) in [6.45, 7) is 0.951. The first-order valence-corrected chi connectivity index (χ1v) is 15.6. The Kier molecular flexibility index (Phi) is 9.05. The van der Waals surface area contributed by atoms with E-state index in [0.717, 1.165) is 11.5 Å². The molecule has 0 aliphatic rings. The van der Waals surface area contributed by atoms with Crippen molar-refractivity contribution in [1.82, 2.24) is 0 Å². The fourth-order valence-corrected chi connectivity index (χ4v) is 7.52. The van der Waals surface area contributed by atoms with Crippen LogP contribution < -0.4 is 25.4 Å². The first kappa shape index (κ1) is 27.5. The predicted molar refractivity (Wildman–Crippen MR) is 176 cm³/mol. The van der Waals surface area contributed by atoms with E-state index in [1.165, 1.54) is 32.6 Å². The molecule has 0 spiro atoms. The van der Waals surface area contributed by atoms with Gasteiger partial charge in [-0.2, -0.15) is 0 Å². The van der Waals surface area contributed by atoms with E-state index in [-0.39, 0.29) is 5.92 Å². The molecule has 0 aliphatic carbocycles. The van der Waals surface area contributed by atoms with Gasteiger partial charge in [0.15, 0.2) is 0 Å². The van der Waals surface area contributed by atoms with Crippen LogP contribution in [0.25, 0.3) is 0 Å². The summed E-state index contributed by atoms with van der Waals surface area (Å²) >= 11 is 0. The van der Waals surface area contributed by atoms with Gasteiger partial charge in [0.2, 0.25) is 0 Å². The fraction of sp³-hybridized carbons (Fsp3) is 0.0769. The Labute approximate surface area is 250 Å². The van der Waals surface area contributed by atoms with Crippen molar-refractivity contribution in [2.24, 2.45) is 0 Å². The Hall–Kier alpha value is -4.65. The maximum atomic E-state index is 6.03. The molecule has 0 unspecified atom stereocenters. The van der Waals surface area contributed by atoms with Crippen molar-refractivity contribution >= 4 is 23.8 Å². The van der Waals surface area contributed by atoms with Gasteiger partial charge in [-0.1, -0.05) is 146 Å². The van der Waals surface area contributed by atoms with E-state index in [9.17, 15) is 0 Å². The zero-order valence-corrected chi connectivity index (χ0v) is 24.3.